The van der Waals surface area contributed by atoms with Crippen molar-refractivity contribution in [2.75, 3.05) is 37.6 Å². The third kappa shape index (κ3) is 3.14. The molecule has 7 nitrogen and oxygen atoms in total. The first-order valence-corrected chi connectivity index (χ1v) is 11.3. The fraction of sp³-hybridized carbons (Fsp3) is 0.696. The molecule has 3 fully saturated rings. The maximum Gasteiger partial charge on any atom is 0.311 e. The molecule has 0 radical (unpaired) electrons. The summed E-state index contributed by atoms with van der Waals surface area (Å²) < 4.78 is 5.81. The van der Waals surface area contributed by atoms with Crippen LogP contribution in [0.1, 0.15) is 33.1 Å². The van der Waals surface area contributed by atoms with Gasteiger partial charge in [0, 0.05) is 62.9 Å². The molecule has 1 aromatic heterocycles. The van der Waals surface area contributed by atoms with E-state index < -0.39 is 6.10 Å². The lowest BCUT2D eigenvalue weighted by Gasteiger charge is -2.52. The standard InChI is InChI=1S/C23H32N4O3/c1-15-5-3-6-16-13-18-19(20(28)23(15,16)2)17(21(29)30-18)14-26-9-11-27(12-10-26)22-24-7-4-8-25-22/h4,6-8,15,17-20,28H,3,5,9-14H2,1-2H3/t15-,17+,18+,19+,20+,23+/m0/s1. The van der Waals surface area contributed by atoms with Gasteiger partial charge in [0.15, 0.2) is 0 Å². The summed E-state index contributed by atoms with van der Waals surface area (Å²) in [6.07, 6.45) is 8.04. The average molecular weight is 413 g/mol. The van der Waals surface area contributed by atoms with E-state index in [1.165, 1.54) is 5.57 Å². The van der Waals surface area contributed by atoms with Gasteiger partial charge in [0.05, 0.1) is 12.0 Å². The Kier molecular flexibility index (Phi) is 5.06. The predicted molar refractivity (Wildman–Crippen MR) is 113 cm³/mol. The Labute approximate surface area is 178 Å². The van der Waals surface area contributed by atoms with Crippen LogP contribution in [-0.4, -0.2) is 70.9 Å². The number of aliphatic hydroxyl groups excluding tert-OH is 1. The monoisotopic (exact) mass is 412 g/mol. The number of ether oxygens (including phenoxy) is 1. The fourth-order valence-corrected chi connectivity index (χ4v) is 6.14. The molecule has 3 heterocycles. The lowest BCUT2D eigenvalue weighted by atomic mass is 9.55. The molecule has 2 aliphatic carbocycles. The molecule has 1 saturated carbocycles. The highest BCUT2D eigenvalue weighted by atomic mass is 16.6. The second-order valence-corrected chi connectivity index (χ2v) is 9.64. The number of hydrogen-bond donors (Lipinski definition) is 1. The van der Waals surface area contributed by atoms with Crippen molar-refractivity contribution in [3.63, 3.8) is 0 Å². The van der Waals surface area contributed by atoms with Gasteiger partial charge in [-0.25, -0.2) is 9.97 Å². The maximum atomic E-state index is 12.8. The quantitative estimate of drug-likeness (QED) is 0.600. The Bertz CT molecular complexity index is 823. The molecule has 0 spiro atoms. The maximum absolute atomic E-state index is 12.8. The zero-order chi connectivity index (χ0) is 20.9. The van der Waals surface area contributed by atoms with Crippen LogP contribution in [0, 0.1) is 23.2 Å². The van der Waals surface area contributed by atoms with E-state index in [2.05, 4.69) is 39.7 Å². The molecule has 0 amide bonds. The lowest BCUT2D eigenvalue weighted by molar-refractivity contribution is -0.145. The molecule has 0 unspecified atom stereocenters. The molecule has 1 aromatic rings. The van der Waals surface area contributed by atoms with Gasteiger partial charge < -0.3 is 14.7 Å². The van der Waals surface area contributed by atoms with E-state index in [0.717, 1.165) is 51.4 Å². The summed E-state index contributed by atoms with van der Waals surface area (Å²) in [6.45, 7) is 8.48. The van der Waals surface area contributed by atoms with Crippen LogP contribution in [0.3, 0.4) is 0 Å². The van der Waals surface area contributed by atoms with Crippen molar-refractivity contribution < 1.29 is 14.6 Å². The molecule has 2 saturated heterocycles. The number of rotatable bonds is 3. The molecule has 0 aromatic carbocycles. The molecule has 162 valence electrons. The van der Waals surface area contributed by atoms with Gasteiger partial charge in [-0.15, -0.1) is 0 Å². The largest absolute Gasteiger partial charge is 0.461 e. The van der Waals surface area contributed by atoms with Crippen molar-refractivity contribution in [1.29, 1.82) is 0 Å². The van der Waals surface area contributed by atoms with Crippen molar-refractivity contribution in [1.82, 2.24) is 14.9 Å². The molecule has 2 aliphatic heterocycles. The lowest BCUT2D eigenvalue weighted by Crippen LogP contribution is -2.55. The molecule has 5 rings (SSSR count). The summed E-state index contributed by atoms with van der Waals surface area (Å²) in [5.41, 5.74) is 1.05. The SMILES string of the molecule is C[C@H]1CCC=C2C[C@H]3OC(=O)[C@H](CN4CCN(c5ncccn5)CC4)[C@H]3[C@@H](O)[C@@]21C. The number of aliphatic hydroxyl groups is 1. The fourth-order valence-electron chi connectivity index (χ4n) is 6.14. The summed E-state index contributed by atoms with van der Waals surface area (Å²) in [6, 6.07) is 1.83. The van der Waals surface area contributed by atoms with E-state index >= 15 is 0 Å². The van der Waals surface area contributed by atoms with E-state index in [1.54, 1.807) is 12.4 Å². The number of carbonyl (C=O) groups excluding carboxylic acids is 1. The molecule has 7 heteroatoms. The third-order valence-corrected chi connectivity index (χ3v) is 8.23. The van der Waals surface area contributed by atoms with Crippen LogP contribution in [0.15, 0.2) is 30.1 Å². The number of carbonyl (C=O) groups is 1. The van der Waals surface area contributed by atoms with Gasteiger partial charge in [-0.1, -0.05) is 25.5 Å². The minimum Gasteiger partial charge on any atom is -0.461 e. The predicted octanol–water partition coefficient (Wildman–Crippen LogP) is 1.88. The summed E-state index contributed by atoms with van der Waals surface area (Å²) in [5, 5.41) is 11.5. The molecular formula is C23H32N4O3. The van der Waals surface area contributed by atoms with Gasteiger partial charge in [-0.05, 0) is 24.8 Å². The van der Waals surface area contributed by atoms with Crippen molar-refractivity contribution in [2.45, 2.75) is 45.3 Å². The Morgan fingerprint density at radius 2 is 1.97 bits per heavy atom. The molecule has 30 heavy (non-hydrogen) atoms. The topological polar surface area (TPSA) is 78.8 Å². The molecular weight excluding hydrogens is 380 g/mol. The van der Waals surface area contributed by atoms with Crippen LogP contribution in [0.4, 0.5) is 5.95 Å². The summed E-state index contributed by atoms with van der Waals surface area (Å²) >= 11 is 0. The van der Waals surface area contributed by atoms with Gasteiger partial charge in [-0.2, -0.15) is 0 Å². The first-order chi connectivity index (χ1) is 14.5. The average Bonchev–Trinajstić information content (AvgIpc) is 3.07. The number of fused-ring (bicyclic) bond motifs is 2. The van der Waals surface area contributed by atoms with Crippen molar-refractivity contribution in [2.24, 2.45) is 23.2 Å². The van der Waals surface area contributed by atoms with E-state index in [-0.39, 0.29) is 29.3 Å². The van der Waals surface area contributed by atoms with Crippen LogP contribution < -0.4 is 4.90 Å². The van der Waals surface area contributed by atoms with E-state index in [0.29, 0.717) is 12.5 Å². The highest BCUT2D eigenvalue weighted by molar-refractivity contribution is 5.76. The van der Waals surface area contributed by atoms with Crippen LogP contribution in [0.5, 0.6) is 0 Å². The number of anilines is 1. The normalized spacial score (nSPS) is 39.2. The Morgan fingerprint density at radius 1 is 1.23 bits per heavy atom. The van der Waals surface area contributed by atoms with Gasteiger partial charge in [-0.3, -0.25) is 9.69 Å². The van der Waals surface area contributed by atoms with Gasteiger partial charge >= 0.3 is 5.97 Å². The second kappa shape index (κ2) is 7.61. The number of aromatic nitrogens is 2. The van der Waals surface area contributed by atoms with Crippen molar-refractivity contribution >= 4 is 11.9 Å². The number of nitrogens with zero attached hydrogens (tertiary/aromatic N) is 4. The second-order valence-electron chi connectivity index (χ2n) is 9.64. The number of allylic oxidation sites excluding steroid dienone is 1. The summed E-state index contributed by atoms with van der Waals surface area (Å²) in [4.78, 5) is 26.0. The van der Waals surface area contributed by atoms with Gasteiger partial charge in [0.1, 0.15) is 6.10 Å². The van der Waals surface area contributed by atoms with Crippen LogP contribution in [0.25, 0.3) is 0 Å². The Hall–Kier alpha value is -1.99. The van der Waals surface area contributed by atoms with Crippen LogP contribution >= 0.6 is 0 Å². The minimum atomic E-state index is -0.534. The minimum absolute atomic E-state index is 0.115. The Balaban J connectivity index is 1.28. The zero-order valence-corrected chi connectivity index (χ0v) is 17.9. The molecule has 4 aliphatic rings. The third-order valence-electron chi connectivity index (χ3n) is 8.23. The van der Waals surface area contributed by atoms with E-state index in [1.807, 2.05) is 6.07 Å². The summed E-state index contributed by atoms with van der Waals surface area (Å²) in [5.74, 6) is 0.680. The van der Waals surface area contributed by atoms with Gasteiger partial charge in [0.2, 0.25) is 5.95 Å². The molecule has 6 atom stereocenters. The van der Waals surface area contributed by atoms with Crippen molar-refractivity contribution in [3.8, 4) is 0 Å². The smallest absolute Gasteiger partial charge is 0.311 e. The van der Waals surface area contributed by atoms with Crippen LogP contribution in [0.2, 0.25) is 0 Å². The number of esters is 1. The highest BCUT2D eigenvalue weighted by Crippen LogP contribution is 2.56. The first kappa shape index (κ1) is 19.9. The first-order valence-electron chi connectivity index (χ1n) is 11.3. The summed E-state index contributed by atoms with van der Waals surface area (Å²) in [7, 11) is 0. The molecule has 1 N–H and O–H groups in total. The number of piperazine rings is 1. The van der Waals surface area contributed by atoms with E-state index in [9.17, 15) is 9.90 Å². The zero-order valence-electron chi connectivity index (χ0n) is 17.9. The number of hydrogen-bond acceptors (Lipinski definition) is 7. The van der Waals surface area contributed by atoms with Crippen LogP contribution in [-0.2, 0) is 9.53 Å². The Morgan fingerprint density at radius 3 is 2.70 bits per heavy atom. The van der Waals surface area contributed by atoms with E-state index in [4.69, 9.17) is 4.74 Å². The van der Waals surface area contributed by atoms with Gasteiger partial charge in [0.25, 0.3) is 0 Å². The molecule has 0 bridgehead atoms. The van der Waals surface area contributed by atoms with Crippen molar-refractivity contribution in [3.05, 3.63) is 30.1 Å². The highest BCUT2D eigenvalue weighted by Gasteiger charge is 2.59.